The van der Waals surface area contributed by atoms with Crippen LogP contribution < -0.4 is 5.32 Å². The maximum atomic E-state index is 5.50. The lowest BCUT2D eigenvalue weighted by molar-refractivity contribution is 0.0854. The standard InChI is InChI=1S/C13H23N3O3/c1-4-6-11(17-3)12-15-13(19-16-12)9-7-18-8-10(9)14-5-2/h9-11,14H,4-8H2,1-3H3. The molecule has 1 aliphatic heterocycles. The molecule has 1 fully saturated rings. The third-order valence-corrected chi connectivity index (χ3v) is 3.44. The Morgan fingerprint density at radius 1 is 1.42 bits per heavy atom. The van der Waals surface area contributed by atoms with Crippen molar-refractivity contribution in [2.75, 3.05) is 26.9 Å². The third-order valence-electron chi connectivity index (χ3n) is 3.44. The van der Waals surface area contributed by atoms with Gasteiger partial charge in [0.05, 0.1) is 19.1 Å². The minimum atomic E-state index is -0.0811. The number of nitrogens with zero attached hydrogens (tertiary/aromatic N) is 2. The van der Waals surface area contributed by atoms with Crippen molar-refractivity contribution >= 4 is 0 Å². The monoisotopic (exact) mass is 269 g/mol. The van der Waals surface area contributed by atoms with Gasteiger partial charge in [-0.2, -0.15) is 4.98 Å². The van der Waals surface area contributed by atoms with E-state index in [9.17, 15) is 0 Å². The summed E-state index contributed by atoms with van der Waals surface area (Å²) in [5.41, 5.74) is 0. The molecular formula is C13H23N3O3. The van der Waals surface area contributed by atoms with Crippen LogP contribution in [0.4, 0.5) is 0 Å². The molecule has 1 saturated heterocycles. The van der Waals surface area contributed by atoms with Crippen LogP contribution in [-0.4, -0.2) is 43.1 Å². The zero-order valence-electron chi connectivity index (χ0n) is 11.9. The lowest BCUT2D eigenvalue weighted by Crippen LogP contribution is -2.34. The summed E-state index contributed by atoms with van der Waals surface area (Å²) in [6.45, 7) is 6.42. The molecule has 1 aromatic heterocycles. The molecule has 2 rings (SSSR count). The van der Waals surface area contributed by atoms with Gasteiger partial charge in [-0.15, -0.1) is 0 Å². The molecule has 108 valence electrons. The summed E-state index contributed by atoms with van der Waals surface area (Å²) in [5, 5.41) is 7.44. The largest absolute Gasteiger partial charge is 0.379 e. The maximum Gasteiger partial charge on any atom is 0.233 e. The van der Waals surface area contributed by atoms with Gasteiger partial charge in [-0.3, -0.25) is 0 Å². The molecule has 3 atom stereocenters. The average Bonchev–Trinajstić information content (AvgIpc) is 3.04. The van der Waals surface area contributed by atoms with Gasteiger partial charge in [-0.25, -0.2) is 0 Å². The van der Waals surface area contributed by atoms with Crippen LogP contribution in [0.1, 0.15) is 50.4 Å². The van der Waals surface area contributed by atoms with Gasteiger partial charge in [0.2, 0.25) is 11.7 Å². The summed E-state index contributed by atoms with van der Waals surface area (Å²) in [6.07, 6.45) is 1.84. The Kier molecular flexibility index (Phi) is 5.30. The first-order valence-electron chi connectivity index (χ1n) is 6.97. The normalized spacial score (nSPS) is 24.8. The fourth-order valence-electron chi connectivity index (χ4n) is 2.40. The van der Waals surface area contributed by atoms with Crippen molar-refractivity contribution < 1.29 is 14.0 Å². The fraction of sp³-hybridized carbons (Fsp3) is 0.846. The number of hydrogen-bond donors (Lipinski definition) is 1. The summed E-state index contributed by atoms with van der Waals surface area (Å²) < 4.78 is 16.3. The van der Waals surface area contributed by atoms with E-state index >= 15 is 0 Å². The molecule has 1 aromatic rings. The Morgan fingerprint density at radius 3 is 2.95 bits per heavy atom. The van der Waals surface area contributed by atoms with Crippen LogP contribution in [0.3, 0.4) is 0 Å². The van der Waals surface area contributed by atoms with Gasteiger partial charge in [0.15, 0.2) is 0 Å². The van der Waals surface area contributed by atoms with Crippen molar-refractivity contribution in [2.24, 2.45) is 0 Å². The van der Waals surface area contributed by atoms with Gasteiger partial charge in [-0.1, -0.05) is 25.4 Å². The van der Waals surface area contributed by atoms with E-state index in [-0.39, 0.29) is 18.1 Å². The molecule has 6 nitrogen and oxygen atoms in total. The molecule has 3 unspecified atom stereocenters. The molecule has 2 heterocycles. The van der Waals surface area contributed by atoms with Gasteiger partial charge in [-0.05, 0) is 13.0 Å². The van der Waals surface area contributed by atoms with Gasteiger partial charge >= 0.3 is 0 Å². The van der Waals surface area contributed by atoms with Crippen molar-refractivity contribution in [1.29, 1.82) is 0 Å². The molecule has 0 saturated carbocycles. The van der Waals surface area contributed by atoms with Gasteiger partial charge in [0.25, 0.3) is 0 Å². The fourth-order valence-corrected chi connectivity index (χ4v) is 2.40. The average molecular weight is 269 g/mol. The second-order valence-corrected chi connectivity index (χ2v) is 4.81. The summed E-state index contributed by atoms with van der Waals surface area (Å²) >= 11 is 0. The lowest BCUT2D eigenvalue weighted by atomic mass is 10.0. The highest BCUT2D eigenvalue weighted by molar-refractivity contribution is 5.03. The summed E-state index contributed by atoms with van der Waals surface area (Å²) in [4.78, 5) is 4.49. The highest BCUT2D eigenvalue weighted by Crippen LogP contribution is 2.27. The maximum absolute atomic E-state index is 5.50. The van der Waals surface area contributed by atoms with Crippen LogP contribution >= 0.6 is 0 Å². The van der Waals surface area contributed by atoms with E-state index in [0.717, 1.165) is 19.4 Å². The Bertz CT molecular complexity index is 383. The topological polar surface area (TPSA) is 69.4 Å². The SMILES string of the molecule is CCCC(OC)c1noc(C2COCC2NCC)n1. The summed E-state index contributed by atoms with van der Waals surface area (Å²) in [7, 11) is 1.68. The Labute approximate surface area is 113 Å². The van der Waals surface area contributed by atoms with Crippen LogP contribution in [0.25, 0.3) is 0 Å². The molecule has 0 aromatic carbocycles. The molecule has 0 bridgehead atoms. The third kappa shape index (κ3) is 3.32. The Hall–Kier alpha value is -0.980. The Balaban J connectivity index is 2.07. The van der Waals surface area contributed by atoms with Gasteiger partial charge in [0, 0.05) is 13.2 Å². The molecular weight excluding hydrogens is 246 g/mol. The van der Waals surface area contributed by atoms with E-state index in [1.165, 1.54) is 0 Å². The van der Waals surface area contributed by atoms with Crippen LogP contribution in [0.5, 0.6) is 0 Å². The zero-order valence-corrected chi connectivity index (χ0v) is 11.9. The Morgan fingerprint density at radius 2 is 2.26 bits per heavy atom. The van der Waals surface area contributed by atoms with Gasteiger partial charge in [0.1, 0.15) is 6.10 Å². The number of likely N-dealkylation sites (N-methyl/N-ethyl adjacent to an activating group) is 1. The number of methoxy groups -OCH3 is 1. The molecule has 1 N–H and O–H groups in total. The minimum Gasteiger partial charge on any atom is -0.379 e. The molecule has 0 radical (unpaired) electrons. The van der Waals surface area contributed by atoms with Crippen LogP contribution in [0.2, 0.25) is 0 Å². The molecule has 19 heavy (non-hydrogen) atoms. The number of nitrogens with one attached hydrogen (secondary N) is 1. The van der Waals surface area contributed by atoms with Crippen molar-refractivity contribution in [1.82, 2.24) is 15.5 Å². The van der Waals surface area contributed by atoms with E-state index in [0.29, 0.717) is 24.9 Å². The van der Waals surface area contributed by atoms with Crippen molar-refractivity contribution in [3.8, 4) is 0 Å². The van der Waals surface area contributed by atoms with E-state index in [1.54, 1.807) is 7.11 Å². The summed E-state index contributed by atoms with van der Waals surface area (Å²) in [6, 6.07) is 0.255. The molecule has 1 aliphatic rings. The smallest absolute Gasteiger partial charge is 0.233 e. The molecule has 6 heteroatoms. The second kappa shape index (κ2) is 6.98. The van der Waals surface area contributed by atoms with Crippen molar-refractivity contribution in [2.45, 2.75) is 44.8 Å². The van der Waals surface area contributed by atoms with Crippen LogP contribution in [-0.2, 0) is 9.47 Å². The van der Waals surface area contributed by atoms with E-state index < -0.39 is 0 Å². The highest BCUT2D eigenvalue weighted by Gasteiger charge is 2.34. The number of hydrogen-bond acceptors (Lipinski definition) is 6. The predicted molar refractivity (Wildman–Crippen MR) is 70.0 cm³/mol. The zero-order chi connectivity index (χ0) is 13.7. The van der Waals surface area contributed by atoms with E-state index in [4.69, 9.17) is 14.0 Å². The lowest BCUT2D eigenvalue weighted by Gasteiger charge is -2.14. The van der Waals surface area contributed by atoms with Crippen LogP contribution in [0, 0.1) is 0 Å². The quantitative estimate of drug-likeness (QED) is 0.811. The number of aromatic nitrogens is 2. The molecule has 0 aliphatic carbocycles. The first kappa shape index (κ1) is 14.4. The highest BCUT2D eigenvalue weighted by atomic mass is 16.5. The first-order valence-corrected chi connectivity index (χ1v) is 6.97. The van der Waals surface area contributed by atoms with E-state index in [1.807, 2.05) is 0 Å². The first-order chi connectivity index (χ1) is 9.30. The minimum absolute atomic E-state index is 0.0811. The van der Waals surface area contributed by atoms with Gasteiger partial charge < -0.3 is 19.3 Å². The van der Waals surface area contributed by atoms with E-state index in [2.05, 4.69) is 29.3 Å². The van der Waals surface area contributed by atoms with Crippen molar-refractivity contribution in [3.05, 3.63) is 11.7 Å². The van der Waals surface area contributed by atoms with Crippen LogP contribution in [0.15, 0.2) is 4.52 Å². The second-order valence-electron chi connectivity index (χ2n) is 4.81. The predicted octanol–water partition coefficient (Wildman–Crippen LogP) is 1.65. The molecule has 0 amide bonds. The molecule has 0 spiro atoms. The summed E-state index contributed by atoms with van der Waals surface area (Å²) in [5.74, 6) is 1.43. The number of ether oxygens (including phenoxy) is 2. The number of rotatable bonds is 7. The van der Waals surface area contributed by atoms with Crippen molar-refractivity contribution in [3.63, 3.8) is 0 Å².